The monoisotopic (exact) mass is 228 g/mol. The minimum Gasteiger partial charge on any atom is -0.391 e. The first-order chi connectivity index (χ1) is 7.54. The number of β-amino-alcohol motifs (C(OH)–C–C–N with tert-alkyl or cyclic N) is 1. The normalized spacial score (nSPS) is 27.9. The molecule has 0 aromatic heterocycles. The first-order valence-corrected chi connectivity index (χ1v) is 6.23. The molecule has 1 aliphatic rings. The van der Waals surface area contributed by atoms with E-state index in [0.29, 0.717) is 18.9 Å². The second-order valence-corrected chi connectivity index (χ2v) is 4.84. The van der Waals surface area contributed by atoms with Gasteiger partial charge in [-0.3, -0.25) is 4.79 Å². The molecular formula is C12H24N2O2. The van der Waals surface area contributed by atoms with Crippen LogP contribution in [0.25, 0.3) is 0 Å². The largest absolute Gasteiger partial charge is 0.391 e. The fraction of sp³-hybridized carbons (Fsp3) is 0.917. The zero-order valence-corrected chi connectivity index (χ0v) is 10.6. The van der Waals surface area contributed by atoms with Crippen molar-refractivity contribution in [1.82, 2.24) is 10.2 Å². The van der Waals surface area contributed by atoms with Crippen LogP contribution >= 0.6 is 0 Å². The first kappa shape index (κ1) is 13.5. The summed E-state index contributed by atoms with van der Waals surface area (Å²) in [6, 6.07) is 0.217. The summed E-state index contributed by atoms with van der Waals surface area (Å²) in [6.07, 6.45) is 1.07. The van der Waals surface area contributed by atoms with Crippen molar-refractivity contribution in [2.24, 2.45) is 5.92 Å². The molecule has 1 heterocycles. The molecule has 0 aromatic rings. The summed E-state index contributed by atoms with van der Waals surface area (Å²) in [5.74, 6) is 0.467. The Balaban J connectivity index is 2.37. The summed E-state index contributed by atoms with van der Waals surface area (Å²) in [6.45, 7) is 8.26. The molecule has 1 aliphatic heterocycles. The number of carbonyl (C=O) groups is 1. The third-order valence-corrected chi connectivity index (χ3v) is 3.30. The van der Waals surface area contributed by atoms with Crippen molar-refractivity contribution in [2.75, 3.05) is 19.6 Å². The lowest BCUT2D eigenvalue weighted by molar-refractivity contribution is -0.135. The number of amides is 1. The second kappa shape index (κ2) is 6.21. The molecule has 4 nitrogen and oxygen atoms in total. The molecule has 16 heavy (non-hydrogen) atoms. The molecule has 2 N–H and O–H groups in total. The topological polar surface area (TPSA) is 52.6 Å². The lowest BCUT2D eigenvalue weighted by atomic mass is 9.95. The van der Waals surface area contributed by atoms with E-state index in [0.717, 1.165) is 19.5 Å². The highest BCUT2D eigenvalue weighted by molar-refractivity contribution is 5.76. The van der Waals surface area contributed by atoms with Crippen LogP contribution in [0, 0.1) is 5.92 Å². The predicted octanol–water partition coefficient (Wildman–Crippen LogP) is 0.604. The summed E-state index contributed by atoms with van der Waals surface area (Å²) in [5, 5.41) is 13.0. The maximum Gasteiger partial charge on any atom is 0.224 e. The zero-order valence-electron chi connectivity index (χ0n) is 10.6. The van der Waals surface area contributed by atoms with E-state index in [9.17, 15) is 9.90 Å². The number of piperidine rings is 1. The molecule has 0 radical (unpaired) electrons. The molecule has 0 saturated carbocycles. The highest BCUT2D eigenvalue weighted by atomic mass is 16.3. The Labute approximate surface area is 98.0 Å². The number of likely N-dealkylation sites (tertiary alicyclic amines) is 1. The number of nitrogens with zero attached hydrogens (tertiary/aromatic N) is 1. The van der Waals surface area contributed by atoms with Gasteiger partial charge in [0.05, 0.1) is 6.10 Å². The maximum atomic E-state index is 11.9. The van der Waals surface area contributed by atoms with Gasteiger partial charge in [0.25, 0.3) is 0 Å². The fourth-order valence-electron chi connectivity index (χ4n) is 2.09. The van der Waals surface area contributed by atoms with Crippen LogP contribution in [0.3, 0.4) is 0 Å². The van der Waals surface area contributed by atoms with Gasteiger partial charge in [0.2, 0.25) is 5.91 Å². The van der Waals surface area contributed by atoms with Gasteiger partial charge in [-0.25, -0.2) is 0 Å². The molecule has 3 unspecified atom stereocenters. The number of rotatable bonds is 4. The zero-order chi connectivity index (χ0) is 12.1. The number of hydrogen-bond donors (Lipinski definition) is 2. The van der Waals surface area contributed by atoms with Gasteiger partial charge in [-0.1, -0.05) is 13.8 Å². The molecule has 1 amide bonds. The first-order valence-electron chi connectivity index (χ1n) is 6.23. The summed E-state index contributed by atoms with van der Waals surface area (Å²) in [7, 11) is 0. The number of nitrogens with one attached hydrogen (secondary N) is 1. The summed E-state index contributed by atoms with van der Waals surface area (Å²) >= 11 is 0. The third kappa shape index (κ3) is 3.76. The van der Waals surface area contributed by atoms with Crippen LogP contribution in [0.4, 0.5) is 0 Å². The Morgan fingerprint density at radius 2 is 2.31 bits per heavy atom. The van der Waals surface area contributed by atoms with Crippen LogP contribution in [0.5, 0.6) is 0 Å². The summed E-state index contributed by atoms with van der Waals surface area (Å²) in [5.41, 5.74) is 0. The van der Waals surface area contributed by atoms with E-state index in [1.807, 2.05) is 20.8 Å². The minimum atomic E-state index is -0.354. The smallest absolute Gasteiger partial charge is 0.224 e. The standard InChI is InChI=1S/C12H24N2O2/c1-4-13-10(3)7-12(16)14-6-5-9(2)11(15)8-14/h9-11,13,15H,4-8H2,1-3H3. The third-order valence-electron chi connectivity index (χ3n) is 3.30. The van der Waals surface area contributed by atoms with Crippen LogP contribution < -0.4 is 5.32 Å². The number of aliphatic hydroxyl groups is 1. The molecule has 1 fully saturated rings. The quantitative estimate of drug-likeness (QED) is 0.741. The van der Waals surface area contributed by atoms with Crippen LogP contribution in [0.2, 0.25) is 0 Å². The van der Waals surface area contributed by atoms with Crippen molar-refractivity contribution >= 4 is 5.91 Å². The summed E-state index contributed by atoms with van der Waals surface area (Å²) < 4.78 is 0. The Morgan fingerprint density at radius 1 is 1.62 bits per heavy atom. The Morgan fingerprint density at radius 3 is 2.88 bits per heavy atom. The Kier molecular flexibility index (Phi) is 5.22. The van der Waals surface area contributed by atoms with Gasteiger partial charge in [-0.2, -0.15) is 0 Å². The lowest BCUT2D eigenvalue weighted by Gasteiger charge is -2.34. The molecule has 0 spiro atoms. The van der Waals surface area contributed by atoms with E-state index in [1.54, 1.807) is 4.90 Å². The molecule has 4 heteroatoms. The van der Waals surface area contributed by atoms with Crippen molar-refractivity contribution in [1.29, 1.82) is 0 Å². The Hall–Kier alpha value is -0.610. The van der Waals surface area contributed by atoms with Gasteiger partial charge >= 0.3 is 0 Å². The van der Waals surface area contributed by atoms with Gasteiger partial charge in [0, 0.05) is 25.6 Å². The molecule has 94 valence electrons. The van der Waals surface area contributed by atoms with E-state index in [2.05, 4.69) is 5.32 Å². The molecular weight excluding hydrogens is 204 g/mol. The molecule has 3 atom stereocenters. The van der Waals surface area contributed by atoms with Crippen LogP contribution in [-0.4, -0.2) is 47.7 Å². The van der Waals surface area contributed by atoms with Crippen LogP contribution in [0.1, 0.15) is 33.6 Å². The minimum absolute atomic E-state index is 0.152. The van der Waals surface area contributed by atoms with Crippen molar-refractivity contribution < 1.29 is 9.90 Å². The van der Waals surface area contributed by atoms with Crippen molar-refractivity contribution in [3.8, 4) is 0 Å². The number of aliphatic hydroxyl groups excluding tert-OH is 1. The second-order valence-electron chi connectivity index (χ2n) is 4.84. The molecule has 0 aliphatic carbocycles. The van der Waals surface area contributed by atoms with Crippen LogP contribution in [0.15, 0.2) is 0 Å². The Bertz CT molecular complexity index is 233. The lowest BCUT2D eigenvalue weighted by Crippen LogP contribution is -2.47. The average molecular weight is 228 g/mol. The number of carbonyl (C=O) groups excluding carboxylic acids is 1. The van der Waals surface area contributed by atoms with Crippen molar-refractivity contribution in [3.05, 3.63) is 0 Å². The fourth-order valence-corrected chi connectivity index (χ4v) is 2.09. The van der Waals surface area contributed by atoms with Gasteiger partial charge in [0.15, 0.2) is 0 Å². The van der Waals surface area contributed by atoms with Gasteiger partial charge in [-0.05, 0) is 25.8 Å². The molecule has 1 rings (SSSR count). The highest BCUT2D eigenvalue weighted by Crippen LogP contribution is 2.17. The van der Waals surface area contributed by atoms with Crippen LogP contribution in [-0.2, 0) is 4.79 Å². The molecule has 1 saturated heterocycles. The van der Waals surface area contributed by atoms with Crippen molar-refractivity contribution in [3.63, 3.8) is 0 Å². The highest BCUT2D eigenvalue weighted by Gasteiger charge is 2.27. The van der Waals surface area contributed by atoms with Gasteiger partial charge < -0.3 is 15.3 Å². The maximum absolute atomic E-state index is 11.9. The molecule has 0 aromatic carbocycles. The average Bonchev–Trinajstić information content (AvgIpc) is 2.22. The van der Waals surface area contributed by atoms with E-state index < -0.39 is 0 Å². The molecule has 0 bridgehead atoms. The van der Waals surface area contributed by atoms with E-state index in [4.69, 9.17) is 0 Å². The van der Waals surface area contributed by atoms with E-state index in [1.165, 1.54) is 0 Å². The number of hydrogen-bond acceptors (Lipinski definition) is 3. The summed E-state index contributed by atoms with van der Waals surface area (Å²) in [4.78, 5) is 13.7. The predicted molar refractivity (Wildman–Crippen MR) is 64.1 cm³/mol. The van der Waals surface area contributed by atoms with E-state index in [-0.39, 0.29) is 18.1 Å². The SMILES string of the molecule is CCNC(C)CC(=O)N1CCC(C)C(O)C1. The van der Waals surface area contributed by atoms with Gasteiger partial charge in [-0.15, -0.1) is 0 Å². The van der Waals surface area contributed by atoms with Crippen molar-refractivity contribution in [2.45, 2.75) is 45.8 Å². The van der Waals surface area contributed by atoms with Gasteiger partial charge in [0.1, 0.15) is 0 Å². The van der Waals surface area contributed by atoms with E-state index >= 15 is 0 Å².